The minimum absolute atomic E-state index is 0.0442. The molecule has 4 rings (SSSR count). The lowest BCUT2D eigenvalue weighted by molar-refractivity contribution is 0.0976. The van der Waals surface area contributed by atoms with Gasteiger partial charge in [-0.25, -0.2) is 26.3 Å². The van der Waals surface area contributed by atoms with Crippen molar-refractivity contribution in [1.82, 2.24) is 9.44 Å². The van der Waals surface area contributed by atoms with Gasteiger partial charge in [-0.3, -0.25) is 9.59 Å². The molecule has 2 heterocycles. The maximum atomic E-state index is 12.2. The first-order valence-corrected chi connectivity index (χ1v) is 9.60. The van der Waals surface area contributed by atoms with Crippen LogP contribution in [0, 0.1) is 0 Å². The molecule has 2 N–H and O–H groups in total. The molecule has 10 heteroatoms. The molecule has 8 nitrogen and oxygen atoms in total. The number of hydrogen-bond acceptors (Lipinski definition) is 6. The third-order valence-electron chi connectivity index (χ3n) is 3.80. The molecule has 122 valence electrons. The summed E-state index contributed by atoms with van der Waals surface area (Å²) in [4.78, 5) is 23.0. The Hall–Kier alpha value is -2.72. The number of benzene rings is 2. The molecule has 0 radical (unpaired) electrons. The van der Waals surface area contributed by atoms with Gasteiger partial charge in [0.15, 0.2) is 0 Å². The monoisotopic (exact) mass is 364 g/mol. The molecule has 0 bridgehead atoms. The molecular weight excluding hydrogens is 356 g/mol. The van der Waals surface area contributed by atoms with Crippen LogP contribution in [0.5, 0.6) is 0 Å². The second-order valence-electron chi connectivity index (χ2n) is 5.23. The summed E-state index contributed by atoms with van der Waals surface area (Å²) in [5.41, 5.74) is -0.0508. The molecule has 2 aromatic rings. The Bertz CT molecular complexity index is 1070. The first-order valence-electron chi connectivity index (χ1n) is 6.63. The number of carbonyl (C=O) groups excluding carboxylic acids is 2. The van der Waals surface area contributed by atoms with Crippen molar-refractivity contribution >= 4 is 31.9 Å². The number of rotatable bonds is 1. The van der Waals surface area contributed by atoms with Crippen molar-refractivity contribution in [3.63, 3.8) is 0 Å². The second kappa shape index (κ2) is 4.42. The van der Waals surface area contributed by atoms with Gasteiger partial charge < -0.3 is 0 Å². The first kappa shape index (κ1) is 14.8. The average molecular weight is 364 g/mol. The lowest BCUT2D eigenvalue weighted by atomic mass is 10.0. The first-order chi connectivity index (χ1) is 11.2. The second-order valence-corrected chi connectivity index (χ2v) is 8.47. The highest BCUT2D eigenvalue weighted by molar-refractivity contribution is 7.91. The highest BCUT2D eigenvalue weighted by Crippen LogP contribution is 2.39. The molecule has 0 aliphatic carbocycles. The van der Waals surface area contributed by atoms with Crippen LogP contribution in [0.3, 0.4) is 0 Å². The van der Waals surface area contributed by atoms with Crippen molar-refractivity contribution in [3.05, 3.63) is 47.5 Å². The van der Waals surface area contributed by atoms with E-state index in [0.717, 1.165) is 0 Å². The summed E-state index contributed by atoms with van der Waals surface area (Å²) in [6.07, 6.45) is 0. The Morgan fingerprint density at radius 2 is 0.917 bits per heavy atom. The molecule has 0 unspecified atom stereocenters. The summed E-state index contributed by atoms with van der Waals surface area (Å²) in [7, 11) is -8.20. The number of fused-ring (bicyclic) bond motifs is 2. The third kappa shape index (κ3) is 1.83. The summed E-state index contributed by atoms with van der Waals surface area (Å²) in [6.45, 7) is 0. The van der Waals surface area contributed by atoms with Gasteiger partial charge in [0.05, 0.1) is 11.1 Å². The molecule has 0 atom stereocenters. The molecule has 0 spiro atoms. The maximum absolute atomic E-state index is 12.2. The van der Waals surface area contributed by atoms with E-state index in [1.165, 1.54) is 36.4 Å². The Balaban J connectivity index is 2.14. The van der Waals surface area contributed by atoms with E-state index < -0.39 is 31.9 Å². The standard InChI is InChI=1S/C14H8N2O6S2/c17-13-9-5-1-3-7(11(9)23(19,20)15-13)8-4-2-6-10-12(8)24(21,22)16-14(10)18/h1-6H,(H,15,17)(H,16,18). The van der Waals surface area contributed by atoms with Gasteiger partial charge in [0.2, 0.25) is 0 Å². The van der Waals surface area contributed by atoms with E-state index in [0.29, 0.717) is 0 Å². The van der Waals surface area contributed by atoms with Gasteiger partial charge in [0.25, 0.3) is 31.9 Å². The van der Waals surface area contributed by atoms with Crippen LogP contribution >= 0.6 is 0 Å². The molecule has 2 aromatic carbocycles. The van der Waals surface area contributed by atoms with Crippen molar-refractivity contribution in [2.24, 2.45) is 0 Å². The zero-order chi connectivity index (χ0) is 17.3. The number of sulfonamides is 2. The van der Waals surface area contributed by atoms with Gasteiger partial charge in [-0.15, -0.1) is 0 Å². The Kier molecular flexibility index (Phi) is 2.74. The molecule has 24 heavy (non-hydrogen) atoms. The summed E-state index contributed by atoms with van der Waals surface area (Å²) < 4.78 is 52.6. The normalized spacial score (nSPS) is 19.3. The van der Waals surface area contributed by atoms with Gasteiger partial charge in [-0.05, 0) is 12.1 Å². The quantitative estimate of drug-likeness (QED) is 0.745. The van der Waals surface area contributed by atoms with Crippen LogP contribution in [0.15, 0.2) is 46.2 Å². The lowest BCUT2D eigenvalue weighted by Crippen LogP contribution is -2.21. The predicted octanol–water partition coefficient (Wildman–Crippen LogP) is 0.218. The summed E-state index contributed by atoms with van der Waals surface area (Å²) in [5, 5.41) is 0. The van der Waals surface area contributed by atoms with Crippen LogP contribution < -0.4 is 9.44 Å². The zero-order valence-corrected chi connectivity index (χ0v) is 13.4. The topological polar surface area (TPSA) is 126 Å². The van der Waals surface area contributed by atoms with Crippen LogP contribution in [-0.2, 0) is 20.0 Å². The van der Waals surface area contributed by atoms with Crippen molar-refractivity contribution in [2.75, 3.05) is 0 Å². The van der Waals surface area contributed by atoms with E-state index >= 15 is 0 Å². The van der Waals surface area contributed by atoms with Crippen LogP contribution in [0.1, 0.15) is 20.7 Å². The fraction of sp³-hybridized carbons (Fsp3) is 0. The Labute approximate surface area is 136 Å². The van der Waals surface area contributed by atoms with Crippen molar-refractivity contribution < 1.29 is 26.4 Å². The average Bonchev–Trinajstić information content (AvgIpc) is 2.89. The van der Waals surface area contributed by atoms with Crippen LogP contribution in [-0.4, -0.2) is 28.6 Å². The molecule has 0 aromatic heterocycles. The van der Waals surface area contributed by atoms with E-state index in [-0.39, 0.29) is 32.0 Å². The molecule has 0 saturated carbocycles. The number of carbonyl (C=O) groups is 2. The summed E-state index contributed by atoms with van der Waals surface area (Å²) >= 11 is 0. The van der Waals surface area contributed by atoms with Crippen molar-refractivity contribution in [2.45, 2.75) is 9.79 Å². The zero-order valence-electron chi connectivity index (χ0n) is 11.7. The highest BCUT2D eigenvalue weighted by Gasteiger charge is 2.39. The third-order valence-corrected chi connectivity index (χ3v) is 6.66. The summed E-state index contributed by atoms with van der Waals surface area (Å²) in [5.74, 6) is -1.56. The van der Waals surface area contributed by atoms with Crippen molar-refractivity contribution in [1.29, 1.82) is 0 Å². The van der Waals surface area contributed by atoms with E-state index in [4.69, 9.17) is 0 Å². The van der Waals surface area contributed by atoms with E-state index in [1.807, 2.05) is 9.44 Å². The fourth-order valence-electron chi connectivity index (χ4n) is 2.89. The van der Waals surface area contributed by atoms with Gasteiger partial charge >= 0.3 is 0 Å². The Morgan fingerprint density at radius 3 is 1.29 bits per heavy atom. The maximum Gasteiger partial charge on any atom is 0.266 e. The molecular formula is C14H8N2O6S2. The number of amides is 2. The minimum atomic E-state index is -4.10. The van der Waals surface area contributed by atoms with E-state index in [2.05, 4.69) is 0 Å². The van der Waals surface area contributed by atoms with Gasteiger partial charge in [-0.1, -0.05) is 24.3 Å². The van der Waals surface area contributed by atoms with Crippen molar-refractivity contribution in [3.8, 4) is 11.1 Å². The van der Waals surface area contributed by atoms with Gasteiger partial charge in [0, 0.05) is 11.1 Å². The lowest BCUT2D eigenvalue weighted by Gasteiger charge is -2.10. The largest absolute Gasteiger partial charge is 0.268 e. The van der Waals surface area contributed by atoms with Gasteiger partial charge in [-0.2, -0.15) is 0 Å². The SMILES string of the molecule is O=C1NS(=O)(=O)c2c1cccc2-c1cccc2c1S(=O)(=O)NC2=O. The summed E-state index contributed by atoms with van der Waals surface area (Å²) in [6, 6.07) is 8.35. The smallest absolute Gasteiger partial charge is 0.266 e. The molecule has 2 amide bonds. The molecule has 0 saturated heterocycles. The number of hydrogen-bond donors (Lipinski definition) is 2. The number of nitrogens with one attached hydrogen (secondary N) is 2. The molecule has 2 aliphatic rings. The van der Waals surface area contributed by atoms with Crippen LogP contribution in [0.4, 0.5) is 0 Å². The highest BCUT2D eigenvalue weighted by atomic mass is 32.2. The molecule has 2 aliphatic heterocycles. The van der Waals surface area contributed by atoms with Crippen LogP contribution in [0.2, 0.25) is 0 Å². The van der Waals surface area contributed by atoms with E-state index in [9.17, 15) is 26.4 Å². The predicted molar refractivity (Wildman–Crippen MR) is 81.2 cm³/mol. The fourth-order valence-corrected chi connectivity index (χ4v) is 5.64. The van der Waals surface area contributed by atoms with Crippen LogP contribution in [0.25, 0.3) is 11.1 Å². The minimum Gasteiger partial charge on any atom is -0.268 e. The van der Waals surface area contributed by atoms with E-state index in [1.54, 1.807) is 0 Å². The van der Waals surface area contributed by atoms with Gasteiger partial charge in [0.1, 0.15) is 9.79 Å². The molecule has 0 fully saturated rings. The Morgan fingerprint density at radius 1 is 0.583 bits per heavy atom.